The molecule has 0 unspecified atom stereocenters. The van der Waals surface area contributed by atoms with E-state index >= 15 is 0 Å². The van der Waals surface area contributed by atoms with Crippen molar-refractivity contribution < 1.29 is 14.3 Å². The molecular weight excluding hydrogens is 337 g/mol. The van der Waals surface area contributed by atoms with Crippen LogP contribution in [0.4, 0.5) is 9.18 Å². The van der Waals surface area contributed by atoms with Crippen LogP contribution in [0.25, 0.3) is 0 Å². The van der Waals surface area contributed by atoms with Gasteiger partial charge >= 0.3 is 6.03 Å². The first kappa shape index (κ1) is 18.9. The summed E-state index contributed by atoms with van der Waals surface area (Å²) in [6.45, 7) is 2.94. The van der Waals surface area contributed by atoms with Gasteiger partial charge in [0, 0.05) is 19.6 Å². The number of piperidine rings is 1. The van der Waals surface area contributed by atoms with E-state index in [1.807, 2.05) is 5.43 Å². The number of nitrogens with zero attached hydrogens (tertiary/aromatic N) is 1. The van der Waals surface area contributed by atoms with Crippen LogP contribution in [0, 0.1) is 5.82 Å². The third-order valence-electron chi connectivity index (χ3n) is 4.25. The topological polar surface area (TPSA) is 103 Å². The maximum absolute atomic E-state index is 13.3. The van der Waals surface area contributed by atoms with Gasteiger partial charge in [-0.1, -0.05) is 17.7 Å². The molecule has 1 saturated heterocycles. The van der Waals surface area contributed by atoms with Crippen molar-refractivity contribution in [1.29, 1.82) is 0 Å². The number of benzene rings is 1. The van der Waals surface area contributed by atoms with Crippen molar-refractivity contribution in [3.05, 3.63) is 34.6 Å². The van der Waals surface area contributed by atoms with E-state index < -0.39 is 17.4 Å². The van der Waals surface area contributed by atoms with Gasteiger partial charge in [-0.05, 0) is 43.5 Å². The first-order chi connectivity index (χ1) is 11.4. The van der Waals surface area contributed by atoms with Crippen molar-refractivity contribution in [2.75, 3.05) is 26.2 Å². The summed E-state index contributed by atoms with van der Waals surface area (Å²) in [5.74, 6) is 4.45. The zero-order valence-electron chi connectivity index (χ0n) is 13.3. The highest BCUT2D eigenvalue weighted by Gasteiger charge is 2.34. The largest absolute Gasteiger partial charge is 0.385 e. The van der Waals surface area contributed by atoms with E-state index in [0.717, 1.165) is 26.1 Å². The van der Waals surface area contributed by atoms with Gasteiger partial charge in [0.2, 0.25) is 0 Å². The van der Waals surface area contributed by atoms with Crippen LogP contribution in [-0.4, -0.2) is 42.2 Å². The number of carbonyl (C=O) groups is 1. The van der Waals surface area contributed by atoms with Gasteiger partial charge in [-0.3, -0.25) is 10.9 Å². The summed E-state index contributed by atoms with van der Waals surface area (Å²) in [5, 5.41) is 10.8. The van der Waals surface area contributed by atoms with Crippen LogP contribution in [0.3, 0.4) is 0 Å². The minimum atomic E-state index is -0.965. The molecule has 0 aromatic heterocycles. The molecule has 1 aromatic carbocycles. The molecule has 7 nitrogen and oxygen atoms in total. The quantitative estimate of drug-likeness (QED) is 0.224. The number of rotatable bonds is 6. The van der Waals surface area contributed by atoms with Crippen LogP contribution in [0.2, 0.25) is 5.02 Å². The lowest BCUT2D eigenvalue weighted by Gasteiger charge is -2.38. The molecule has 0 radical (unpaired) electrons. The van der Waals surface area contributed by atoms with Gasteiger partial charge in [-0.25, -0.2) is 20.5 Å². The van der Waals surface area contributed by atoms with E-state index in [2.05, 4.69) is 15.8 Å². The molecule has 2 rings (SSSR count). The predicted octanol–water partition coefficient (Wildman–Crippen LogP) is 0.830. The van der Waals surface area contributed by atoms with Crippen molar-refractivity contribution >= 4 is 17.6 Å². The number of nitrogens with two attached hydrogens (primary N) is 1. The first-order valence-corrected chi connectivity index (χ1v) is 8.22. The monoisotopic (exact) mass is 359 g/mol. The van der Waals surface area contributed by atoms with Gasteiger partial charge in [-0.15, -0.1) is 0 Å². The van der Waals surface area contributed by atoms with Crippen molar-refractivity contribution in [2.45, 2.75) is 24.9 Å². The molecule has 2 amide bonds. The molecule has 9 heteroatoms. The SMILES string of the molecule is NNC(=O)NNCCCN1CCC(O)(c2ccc(F)c(Cl)c2)CC1. The number of amides is 2. The van der Waals surface area contributed by atoms with Gasteiger partial charge in [0.1, 0.15) is 5.82 Å². The van der Waals surface area contributed by atoms with Crippen molar-refractivity contribution in [3.8, 4) is 0 Å². The fourth-order valence-corrected chi connectivity index (χ4v) is 2.97. The Kier molecular flexibility index (Phi) is 6.76. The van der Waals surface area contributed by atoms with Crippen LogP contribution >= 0.6 is 11.6 Å². The molecule has 1 heterocycles. The van der Waals surface area contributed by atoms with Crippen LogP contribution in [0.15, 0.2) is 18.2 Å². The number of nitrogens with one attached hydrogen (secondary N) is 3. The third kappa shape index (κ3) is 5.02. The lowest BCUT2D eigenvalue weighted by molar-refractivity contribution is -0.0260. The van der Waals surface area contributed by atoms with Gasteiger partial charge < -0.3 is 10.0 Å². The number of carbonyl (C=O) groups excluding carboxylic acids is 1. The molecule has 0 bridgehead atoms. The van der Waals surface area contributed by atoms with Gasteiger partial charge in [-0.2, -0.15) is 0 Å². The second kappa shape index (κ2) is 8.59. The normalized spacial score (nSPS) is 17.5. The smallest absolute Gasteiger partial charge is 0.343 e. The predicted molar refractivity (Wildman–Crippen MR) is 89.5 cm³/mol. The molecule has 1 aromatic rings. The number of hydrogen-bond acceptors (Lipinski definition) is 5. The summed E-state index contributed by atoms with van der Waals surface area (Å²) in [5.41, 5.74) is 6.80. The molecule has 1 aliphatic rings. The van der Waals surface area contributed by atoms with E-state index in [4.69, 9.17) is 17.4 Å². The van der Waals surface area contributed by atoms with Crippen LogP contribution in [-0.2, 0) is 5.60 Å². The number of urea groups is 1. The lowest BCUT2D eigenvalue weighted by Crippen LogP contribution is -2.48. The molecule has 0 saturated carbocycles. The Morgan fingerprint density at radius 2 is 2.12 bits per heavy atom. The molecule has 1 fully saturated rings. The van der Waals surface area contributed by atoms with Gasteiger partial charge in [0.05, 0.1) is 10.6 Å². The summed E-state index contributed by atoms with van der Waals surface area (Å²) in [6.07, 6.45) is 1.97. The Hall–Kier alpha value is -1.45. The first-order valence-electron chi connectivity index (χ1n) is 7.84. The summed E-state index contributed by atoms with van der Waals surface area (Å²) in [6, 6.07) is 3.90. The fourth-order valence-electron chi connectivity index (χ4n) is 2.79. The summed E-state index contributed by atoms with van der Waals surface area (Å²) in [4.78, 5) is 13.1. The average Bonchev–Trinajstić information content (AvgIpc) is 2.58. The van der Waals surface area contributed by atoms with Crippen LogP contribution in [0.5, 0.6) is 0 Å². The zero-order valence-corrected chi connectivity index (χ0v) is 14.1. The van der Waals surface area contributed by atoms with Crippen molar-refractivity contribution in [1.82, 2.24) is 21.2 Å². The molecular formula is C15H23ClFN5O2. The highest BCUT2D eigenvalue weighted by atomic mass is 35.5. The molecule has 1 aliphatic heterocycles. The zero-order chi connectivity index (χ0) is 17.6. The average molecular weight is 360 g/mol. The number of halogens is 2. The number of hydrogen-bond donors (Lipinski definition) is 5. The van der Waals surface area contributed by atoms with E-state index in [1.165, 1.54) is 12.1 Å². The number of hydrazine groups is 2. The van der Waals surface area contributed by atoms with Gasteiger partial charge in [0.15, 0.2) is 0 Å². The third-order valence-corrected chi connectivity index (χ3v) is 4.54. The standard InChI is InChI=1S/C15H23ClFN5O2/c16-12-10-11(2-3-13(12)17)15(24)4-8-22(9-5-15)7-1-6-19-21-14(23)20-18/h2-3,10,19,24H,1,4-9,18H2,(H2,20,21,23). The fraction of sp³-hybridized carbons (Fsp3) is 0.533. The van der Waals surface area contributed by atoms with E-state index in [-0.39, 0.29) is 5.02 Å². The molecule has 6 N–H and O–H groups in total. The second-order valence-electron chi connectivity index (χ2n) is 5.88. The Morgan fingerprint density at radius 1 is 1.42 bits per heavy atom. The van der Waals surface area contributed by atoms with E-state index in [9.17, 15) is 14.3 Å². The number of aliphatic hydroxyl groups is 1. The second-order valence-corrected chi connectivity index (χ2v) is 6.29. The maximum atomic E-state index is 13.3. The van der Waals surface area contributed by atoms with Crippen LogP contribution in [0.1, 0.15) is 24.8 Å². The lowest BCUT2D eigenvalue weighted by atomic mass is 9.84. The molecule has 0 aliphatic carbocycles. The van der Waals surface area contributed by atoms with E-state index in [0.29, 0.717) is 24.9 Å². The highest BCUT2D eigenvalue weighted by molar-refractivity contribution is 6.30. The summed E-state index contributed by atoms with van der Waals surface area (Å²) in [7, 11) is 0. The van der Waals surface area contributed by atoms with Crippen molar-refractivity contribution in [3.63, 3.8) is 0 Å². The molecule has 134 valence electrons. The van der Waals surface area contributed by atoms with E-state index in [1.54, 1.807) is 6.07 Å². The minimum Gasteiger partial charge on any atom is -0.385 e. The maximum Gasteiger partial charge on any atom is 0.343 e. The molecule has 24 heavy (non-hydrogen) atoms. The minimum absolute atomic E-state index is 0.0310. The Morgan fingerprint density at radius 3 is 2.75 bits per heavy atom. The number of likely N-dealkylation sites (tertiary alicyclic amines) is 1. The van der Waals surface area contributed by atoms with Crippen molar-refractivity contribution in [2.24, 2.45) is 5.84 Å². The van der Waals surface area contributed by atoms with Crippen LogP contribution < -0.4 is 22.1 Å². The molecule has 0 atom stereocenters. The highest BCUT2D eigenvalue weighted by Crippen LogP contribution is 2.34. The Bertz CT molecular complexity index is 567. The Balaban J connectivity index is 1.74. The van der Waals surface area contributed by atoms with Gasteiger partial charge in [0.25, 0.3) is 0 Å². The Labute approximate surface area is 145 Å². The summed E-state index contributed by atoms with van der Waals surface area (Å²) >= 11 is 5.81. The molecule has 0 spiro atoms. The summed E-state index contributed by atoms with van der Waals surface area (Å²) < 4.78 is 13.3.